The summed E-state index contributed by atoms with van der Waals surface area (Å²) < 4.78 is 2.24. The number of likely N-dealkylation sites (tertiary alicyclic amines) is 1. The molecule has 20 heavy (non-hydrogen) atoms. The van der Waals surface area contributed by atoms with Crippen molar-refractivity contribution in [2.24, 2.45) is 5.73 Å². The number of hydrogen-bond donors (Lipinski definition) is 1. The number of hydrogen-bond acceptors (Lipinski definition) is 3. The molecule has 0 spiro atoms. The molecular formula is C15H25ClN4. The quantitative estimate of drug-likeness (QED) is 0.913. The van der Waals surface area contributed by atoms with Crippen molar-refractivity contribution in [1.29, 1.82) is 0 Å². The van der Waals surface area contributed by atoms with Crippen LogP contribution in [0.2, 0.25) is 5.15 Å². The van der Waals surface area contributed by atoms with Crippen LogP contribution in [0.1, 0.15) is 63.1 Å². The number of nitrogens with two attached hydrogens (primary N) is 1. The van der Waals surface area contributed by atoms with Crippen LogP contribution < -0.4 is 5.73 Å². The zero-order valence-electron chi connectivity index (χ0n) is 12.5. The largest absolute Gasteiger partial charge is 0.314 e. The maximum Gasteiger partial charge on any atom is 0.150 e. The van der Waals surface area contributed by atoms with Crippen molar-refractivity contribution in [3.63, 3.8) is 0 Å². The first-order chi connectivity index (χ1) is 9.58. The Hall–Kier alpha value is -0.580. The van der Waals surface area contributed by atoms with Gasteiger partial charge in [-0.05, 0) is 59.0 Å². The fraction of sp³-hybridized carbons (Fsp3) is 0.800. The molecule has 0 aromatic carbocycles. The van der Waals surface area contributed by atoms with Gasteiger partial charge in [0.25, 0.3) is 0 Å². The minimum atomic E-state index is 0.0666. The summed E-state index contributed by atoms with van der Waals surface area (Å²) in [7, 11) is 0. The van der Waals surface area contributed by atoms with Crippen molar-refractivity contribution < 1.29 is 0 Å². The maximum absolute atomic E-state index is 6.33. The van der Waals surface area contributed by atoms with E-state index in [1.54, 1.807) is 0 Å². The Morgan fingerprint density at radius 1 is 1.25 bits per heavy atom. The van der Waals surface area contributed by atoms with Gasteiger partial charge in [0.05, 0.1) is 11.9 Å². The van der Waals surface area contributed by atoms with Gasteiger partial charge in [-0.3, -0.25) is 0 Å². The van der Waals surface area contributed by atoms with E-state index in [1.807, 2.05) is 0 Å². The van der Waals surface area contributed by atoms with Crippen molar-refractivity contribution in [3.8, 4) is 0 Å². The summed E-state index contributed by atoms with van der Waals surface area (Å²) in [4.78, 5) is 7.21. The van der Waals surface area contributed by atoms with Crippen LogP contribution in [0, 0.1) is 0 Å². The van der Waals surface area contributed by atoms with E-state index in [0.29, 0.717) is 17.1 Å². The van der Waals surface area contributed by atoms with E-state index in [-0.39, 0.29) is 6.17 Å². The van der Waals surface area contributed by atoms with Crippen molar-refractivity contribution in [2.75, 3.05) is 13.1 Å². The van der Waals surface area contributed by atoms with Gasteiger partial charge in [-0.2, -0.15) is 0 Å². The van der Waals surface area contributed by atoms with Crippen LogP contribution >= 0.6 is 11.6 Å². The molecule has 4 nitrogen and oxygen atoms in total. The number of imidazole rings is 1. The van der Waals surface area contributed by atoms with E-state index in [0.717, 1.165) is 56.7 Å². The second-order valence-electron chi connectivity index (χ2n) is 6.44. The molecule has 0 aliphatic carbocycles. The summed E-state index contributed by atoms with van der Waals surface area (Å²) in [5.74, 6) is 1.65. The molecule has 3 heterocycles. The highest BCUT2D eigenvalue weighted by atomic mass is 35.5. The molecule has 1 unspecified atom stereocenters. The molecule has 2 N–H and O–H groups in total. The van der Waals surface area contributed by atoms with Crippen LogP contribution in [-0.4, -0.2) is 33.6 Å². The molecule has 1 saturated heterocycles. The summed E-state index contributed by atoms with van der Waals surface area (Å²) in [6.07, 6.45) is 5.58. The van der Waals surface area contributed by atoms with Crippen molar-refractivity contribution in [1.82, 2.24) is 14.5 Å². The Labute approximate surface area is 126 Å². The van der Waals surface area contributed by atoms with Gasteiger partial charge in [-0.15, -0.1) is 0 Å². The molecule has 0 saturated carbocycles. The fourth-order valence-electron chi connectivity index (χ4n) is 3.62. The van der Waals surface area contributed by atoms with Gasteiger partial charge in [0, 0.05) is 12.0 Å². The summed E-state index contributed by atoms with van der Waals surface area (Å²) in [6, 6.07) is 0.635. The smallest absolute Gasteiger partial charge is 0.150 e. The van der Waals surface area contributed by atoms with E-state index < -0.39 is 0 Å². The third-order valence-corrected chi connectivity index (χ3v) is 5.16. The van der Waals surface area contributed by atoms with Crippen LogP contribution in [0.5, 0.6) is 0 Å². The number of nitrogens with zero attached hydrogens (tertiary/aromatic N) is 3. The van der Waals surface area contributed by atoms with Crippen LogP contribution in [0.15, 0.2) is 0 Å². The lowest BCUT2D eigenvalue weighted by Gasteiger charge is -2.35. The van der Waals surface area contributed by atoms with E-state index in [2.05, 4.69) is 28.3 Å². The Morgan fingerprint density at radius 3 is 2.60 bits per heavy atom. The van der Waals surface area contributed by atoms with E-state index in [4.69, 9.17) is 17.3 Å². The monoisotopic (exact) mass is 296 g/mol. The molecule has 0 bridgehead atoms. The molecule has 1 fully saturated rings. The van der Waals surface area contributed by atoms with Crippen molar-refractivity contribution in [2.45, 2.75) is 64.1 Å². The molecule has 5 heteroatoms. The minimum absolute atomic E-state index is 0.0666. The Balaban J connectivity index is 1.82. The summed E-state index contributed by atoms with van der Waals surface area (Å²) >= 11 is 6.33. The first-order valence-corrected chi connectivity index (χ1v) is 8.22. The Morgan fingerprint density at radius 2 is 1.95 bits per heavy atom. The highest BCUT2D eigenvalue weighted by molar-refractivity contribution is 6.30. The van der Waals surface area contributed by atoms with Gasteiger partial charge in [-0.25, -0.2) is 4.98 Å². The number of halogens is 1. The average Bonchev–Trinajstić information content (AvgIpc) is 2.78. The van der Waals surface area contributed by atoms with E-state index >= 15 is 0 Å². The fourth-order valence-corrected chi connectivity index (χ4v) is 3.89. The molecule has 1 aromatic rings. The predicted octanol–water partition coefficient (Wildman–Crippen LogP) is 2.92. The average molecular weight is 297 g/mol. The van der Waals surface area contributed by atoms with Crippen molar-refractivity contribution in [3.05, 3.63) is 16.7 Å². The SMILES string of the molecule is CC(C)N1CCC(c2nc(Cl)c3n2C(N)CCC3)CC1. The molecule has 0 amide bonds. The van der Waals surface area contributed by atoms with Gasteiger partial charge in [-0.1, -0.05) is 11.6 Å². The number of aromatic nitrogens is 2. The summed E-state index contributed by atoms with van der Waals surface area (Å²) in [5.41, 5.74) is 7.46. The van der Waals surface area contributed by atoms with Gasteiger partial charge in [0.2, 0.25) is 0 Å². The van der Waals surface area contributed by atoms with Gasteiger partial charge < -0.3 is 15.2 Å². The molecule has 1 aromatic heterocycles. The van der Waals surface area contributed by atoms with Gasteiger partial charge in [0.1, 0.15) is 5.82 Å². The zero-order valence-corrected chi connectivity index (χ0v) is 13.2. The molecule has 1 atom stereocenters. The lowest BCUT2D eigenvalue weighted by atomic mass is 9.94. The molecule has 2 aliphatic rings. The second-order valence-corrected chi connectivity index (χ2v) is 6.80. The molecule has 112 valence electrons. The number of rotatable bonds is 2. The lowest BCUT2D eigenvalue weighted by molar-refractivity contribution is 0.167. The lowest BCUT2D eigenvalue weighted by Crippen LogP contribution is -2.39. The Kier molecular flexibility index (Phi) is 4.07. The standard InChI is InChI=1S/C15H25ClN4/c1-10(2)19-8-6-11(7-9-19)15-18-14(16)12-4-3-5-13(17)20(12)15/h10-11,13H,3-9,17H2,1-2H3. The summed E-state index contributed by atoms with van der Waals surface area (Å²) in [6.45, 7) is 6.84. The topological polar surface area (TPSA) is 47.1 Å². The van der Waals surface area contributed by atoms with Crippen LogP contribution in [0.3, 0.4) is 0 Å². The van der Waals surface area contributed by atoms with E-state index in [1.165, 1.54) is 0 Å². The maximum atomic E-state index is 6.33. The molecule has 0 radical (unpaired) electrons. The normalized spacial score (nSPS) is 25.1. The van der Waals surface area contributed by atoms with Crippen LogP contribution in [-0.2, 0) is 6.42 Å². The minimum Gasteiger partial charge on any atom is -0.314 e. The molecular weight excluding hydrogens is 272 g/mol. The second kappa shape index (κ2) is 5.66. The Bertz CT molecular complexity index is 474. The third-order valence-electron chi connectivity index (χ3n) is 4.86. The van der Waals surface area contributed by atoms with Crippen LogP contribution in [0.25, 0.3) is 0 Å². The summed E-state index contributed by atoms with van der Waals surface area (Å²) in [5, 5.41) is 0.682. The first kappa shape index (κ1) is 14.4. The molecule has 3 rings (SSSR count). The third kappa shape index (κ3) is 2.49. The number of piperidine rings is 1. The van der Waals surface area contributed by atoms with E-state index in [9.17, 15) is 0 Å². The highest BCUT2D eigenvalue weighted by Crippen LogP contribution is 2.35. The predicted molar refractivity (Wildman–Crippen MR) is 82.1 cm³/mol. The van der Waals surface area contributed by atoms with Crippen molar-refractivity contribution >= 4 is 11.6 Å². The van der Waals surface area contributed by atoms with Crippen LogP contribution in [0.4, 0.5) is 0 Å². The first-order valence-electron chi connectivity index (χ1n) is 7.84. The van der Waals surface area contributed by atoms with Gasteiger partial charge in [0.15, 0.2) is 5.15 Å². The van der Waals surface area contributed by atoms with Gasteiger partial charge >= 0.3 is 0 Å². The zero-order chi connectivity index (χ0) is 14.3. The number of fused-ring (bicyclic) bond motifs is 1. The highest BCUT2D eigenvalue weighted by Gasteiger charge is 2.30. The molecule has 2 aliphatic heterocycles.